The van der Waals surface area contributed by atoms with Gasteiger partial charge >= 0.3 is 0 Å². The summed E-state index contributed by atoms with van der Waals surface area (Å²) < 4.78 is 5.35. The molecule has 1 aliphatic rings. The Balaban J connectivity index is 1.42. The first-order valence-corrected chi connectivity index (χ1v) is 7.90. The van der Waals surface area contributed by atoms with Gasteiger partial charge in [-0.25, -0.2) is 4.98 Å². The Morgan fingerprint density at radius 2 is 2.23 bits per heavy atom. The summed E-state index contributed by atoms with van der Waals surface area (Å²) in [6.07, 6.45) is 4.20. The van der Waals surface area contributed by atoms with Crippen LogP contribution < -0.4 is 5.32 Å². The molecule has 5 nitrogen and oxygen atoms in total. The van der Waals surface area contributed by atoms with E-state index in [4.69, 9.17) is 4.42 Å². The highest BCUT2D eigenvalue weighted by Gasteiger charge is 2.46. The SMILES string of the molecule is O=C(Nc1nc(-c2ccccn2)cs1)[C@@H]1C[C@@H]1c1ccco1. The highest BCUT2D eigenvalue weighted by Crippen LogP contribution is 2.48. The molecule has 1 fully saturated rings. The molecule has 3 aromatic rings. The van der Waals surface area contributed by atoms with Crippen molar-refractivity contribution in [2.24, 2.45) is 5.92 Å². The maximum absolute atomic E-state index is 12.2. The Morgan fingerprint density at radius 3 is 3.00 bits per heavy atom. The average Bonchev–Trinajstić information content (AvgIpc) is 2.97. The fourth-order valence-electron chi connectivity index (χ4n) is 2.46. The average molecular weight is 311 g/mol. The van der Waals surface area contributed by atoms with E-state index in [0.29, 0.717) is 5.13 Å². The molecule has 0 bridgehead atoms. The zero-order valence-electron chi connectivity index (χ0n) is 11.6. The minimum absolute atomic E-state index is 0.00307. The minimum atomic E-state index is -0.0200. The first-order chi connectivity index (χ1) is 10.8. The summed E-state index contributed by atoms with van der Waals surface area (Å²) in [5.74, 6) is 1.07. The normalized spacial score (nSPS) is 19.8. The van der Waals surface area contributed by atoms with Crippen LogP contribution in [0.5, 0.6) is 0 Å². The molecular weight excluding hydrogens is 298 g/mol. The summed E-state index contributed by atoms with van der Waals surface area (Å²) in [5.41, 5.74) is 1.58. The van der Waals surface area contributed by atoms with Gasteiger partial charge in [-0.3, -0.25) is 9.78 Å². The standard InChI is InChI=1S/C16H13N3O2S/c20-15(11-8-10(11)14-5-3-7-21-14)19-16-18-13(9-22-16)12-4-1-2-6-17-12/h1-7,9-11H,8H2,(H,18,19,20)/t10-,11+/m0/s1. The Kier molecular flexibility index (Phi) is 3.23. The third kappa shape index (κ3) is 2.53. The third-order valence-electron chi connectivity index (χ3n) is 3.70. The van der Waals surface area contributed by atoms with E-state index in [-0.39, 0.29) is 17.7 Å². The Morgan fingerprint density at radius 1 is 1.27 bits per heavy atom. The van der Waals surface area contributed by atoms with Crippen molar-refractivity contribution in [3.8, 4) is 11.4 Å². The number of amides is 1. The van der Waals surface area contributed by atoms with E-state index in [1.54, 1.807) is 12.5 Å². The number of furan rings is 1. The predicted molar refractivity (Wildman–Crippen MR) is 83.5 cm³/mol. The van der Waals surface area contributed by atoms with Gasteiger partial charge in [0, 0.05) is 23.4 Å². The van der Waals surface area contributed by atoms with Gasteiger partial charge in [-0.05, 0) is 30.7 Å². The minimum Gasteiger partial charge on any atom is -0.469 e. The number of thiazole rings is 1. The number of hydrogen-bond donors (Lipinski definition) is 1. The lowest BCUT2D eigenvalue weighted by Gasteiger charge is -2.00. The van der Waals surface area contributed by atoms with Crippen LogP contribution in [0.2, 0.25) is 0 Å². The van der Waals surface area contributed by atoms with Gasteiger partial charge in [-0.15, -0.1) is 11.3 Å². The van der Waals surface area contributed by atoms with E-state index in [0.717, 1.165) is 23.6 Å². The number of anilines is 1. The molecule has 0 spiro atoms. The van der Waals surface area contributed by atoms with Crippen molar-refractivity contribution in [3.05, 3.63) is 53.9 Å². The molecule has 1 aliphatic carbocycles. The van der Waals surface area contributed by atoms with Gasteiger partial charge < -0.3 is 9.73 Å². The first-order valence-electron chi connectivity index (χ1n) is 7.02. The zero-order valence-corrected chi connectivity index (χ0v) is 12.4. The van der Waals surface area contributed by atoms with Crippen molar-refractivity contribution in [1.82, 2.24) is 9.97 Å². The summed E-state index contributed by atoms with van der Waals surface area (Å²) >= 11 is 1.41. The van der Waals surface area contributed by atoms with Gasteiger partial charge in [0.15, 0.2) is 5.13 Å². The van der Waals surface area contributed by atoms with Crippen molar-refractivity contribution in [1.29, 1.82) is 0 Å². The highest BCUT2D eigenvalue weighted by molar-refractivity contribution is 7.14. The van der Waals surface area contributed by atoms with E-state index in [1.807, 2.05) is 35.7 Å². The second-order valence-corrected chi connectivity index (χ2v) is 6.06. The lowest BCUT2D eigenvalue weighted by Crippen LogP contribution is -2.14. The molecule has 0 radical (unpaired) electrons. The molecule has 3 heterocycles. The van der Waals surface area contributed by atoms with Gasteiger partial charge in [0.1, 0.15) is 11.5 Å². The predicted octanol–water partition coefficient (Wildman–Crippen LogP) is 3.54. The van der Waals surface area contributed by atoms with Gasteiger partial charge in [0.25, 0.3) is 0 Å². The number of aromatic nitrogens is 2. The molecule has 1 amide bonds. The molecule has 0 aromatic carbocycles. The Bertz CT molecular complexity index is 783. The second kappa shape index (κ2) is 5.38. The molecule has 1 N–H and O–H groups in total. The van der Waals surface area contributed by atoms with Gasteiger partial charge in [-0.2, -0.15) is 0 Å². The monoisotopic (exact) mass is 311 g/mol. The molecule has 0 saturated heterocycles. The molecule has 0 unspecified atom stereocenters. The number of hydrogen-bond acceptors (Lipinski definition) is 5. The molecule has 110 valence electrons. The summed E-state index contributed by atoms with van der Waals surface area (Å²) in [4.78, 5) is 20.9. The molecule has 2 atom stereocenters. The number of rotatable bonds is 4. The van der Waals surface area contributed by atoms with Crippen molar-refractivity contribution in [3.63, 3.8) is 0 Å². The number of carbonyl (C=O) groups excluding carboxylic acids is 1. The lowest BCUT2D eigenvalue weighted by atomic mass is 10.2. The first kappa shape index (κ1) is 13.2. The van der Waals surface area contributed by atoms with E-state index < -0.39 is 0 Å². The van der Waals surface area contributed by atoms with Crippen molar-refractivity contribution < 1.29 is 9.21 Å². The molecule has 22 heavy (non-hydrogen) atoms. The largest absolute Gasteiger partial charge is 0.469 e. The number of nitrogens with one attached hydrogen (secondary N) is 1. The zero-order chi connectivity index (χ0) is 14.9. The van der Waals surface area contributed by atoms with Crippen LogP contribution >= 0.6 is 11.3 Å². The van der Waals surface area contributed by atoms with E-state index in [1.165, 1.54) is 11.3 Å². The quantitative estimate of drug-likeness (QED) is 0.800. The van der Waals surface area contributed by atoms with Crippen LogP contribution in [0.25, 0.3) is 11.4 Å². The molecule has 6 heteroatoms. The fraction of sp³-hybridized carbons (Fsp3) is 0.188. The van der Waals surface area contributed by atoms with Crippen LogP contribution in [0.4, 0.5) is 5.13 Å². The van der Waals surface area contributed by atoms with Crippen LogP contribution in [0, 0.1) is 5.92 Å². The number of nitrogens with zero attached hydrogens (tertiary/aromatic N) is 2. The van der Waals surface area contributed by atoms with E-state index in [9.17, 15) is 4.79 Å². The van der Waals surface area contributed by atoms with Crippen molar-refractivity contribution >= 4 is 22.4 Å². The number of carbonyl (C=O) groups is 1. The fourth-order valence-corrected chi connectivity index (χ4v) is 3.17. The molecule has 0 aliphatic heterocycles. The summed E-state index contributed by atoms with van der Waals surface area (Å²) in [6.45, 7) is 0. The van der Waals surface area contributed by atoms with Crippen molar-refractivity contribution in [2.75, 3.05) is 5.32 Å². The topological polar surface area (TPSA) is 68.0 Å². The molecular formula is C16H13N3O2S. The maximum Gasteiger partial charge on any atom is 0.230 e. The molecule has 4 rings (SSSR count). The second-order valence-electron chi connectivity index (χ2n) is 5.21. The Labute approximate surface area is 131 Å². The van der Waals surface area contributed by atoms with Crippen LogP contribution in [-0.4, -0.2) is 15.9 Å². The van der Waals surface area contributed by atoms with Gasteiger partial charge in [-0.1, -0.05) is 6.07 Å². The van der Waals surface area contributed by atoms with Gasteiger partial charge in [0.05, 0.1) is 12.0 Å². The van der Waals surface area contributed by atoms with Crippen LogP contribution in [0.15, 0.2) is 52.6 Å². The smallest absolute Gasteiger partial charge is 0.230 e. The van der Waals surface area contributed by atoms with E-state index >= 15 is 0 Å². The lowest BCUT2D eigenvalue weighted by molar-refractivity contribution is -0.117. The third-order valence-corrected chi connectivity index (χ3v) is 4.46. The Hall–Kier alpha value is -2.47. The van der Waals surface area contributed by atoms with Crippen LogP contribution in [0.1, 0.15) is 18.1 Å². The van der Waals surface area contributed by atoms with Crippen molar-refractivity contribution in [2.45, 2.75) is 12.3 Å². The van der Waals surface area contributed by atoms with Gasteiger partial charge in [0.2, 0.25) is 5.91 Å². The van der Waals surface area contributed by atoms with E-state index in [2.05, 4.69) is 15.3 Å². The summed E-state index contributed by atoms with van der Waals surface area (Å²) in [7, 11) is 0. The molecule has 3 aromatic heterocycles. The summed E-state index contributed by atoms with van der Waals surface area (Å²) in [6, 6.07) is 9.44. The maximum atomic E-state index is 12.2. The van der Waals surface area contributed by atoms with Crippen LogP contribution in [0.3, 0.4) is 0 Å². The summed E-state index contributed by atoms with van der Waals surface area (Å²) in [5, 5.41) is 5.39. The van der Waals surface area contributed by atoms with Crippen LogP contribution in [-0.2, 0) is 4.79 Å². The highest BCUT2D eigenvalue weighted by atomic mass is 32.1. The molecule has 1 saturated carbocycles. The number of pyridine rings is 1.